The minimum absolute atomic E-state index is 0.0259. The van der Waals surface area contributed by atoms with Gasteiger partial charge in [0.15, 0.2) is 0 Å². The molecule has 0 aromatic heterocycles. The van der Waals surface area contributed by atoms with Gasteiger partial charge >= 0.3 is 0 Å². The highest BCUT2D eigenvalue weighted by Crippen LogP contribution is 2.11. The lowest BCUT2D eigenvalue weighted by Crippen LogP contribution is -2.50. The van der Waals surface area contributed by atoms with Crippen molar-refractivity contribution in [2.45, 2.75) is 45.6 Å². The largest absolute Gasteiger partial charge is 0.356 e. The van der Waals surface area contributed by atoms with Crippen molar-refractivity contribution in [3.8, 4) is 0 Å². The minimum Gasteiger partial charge on any atom is -0.356 e. The topological polar surface area (TPSA) is 70.2 Å². The van der Waals surface area contributed by atoms with Crippen molar-refractivity contribution in [1.29, 1.82) is 0 Å². The second-order valence-electron chi connectivity index (χ2n) is 4.95. The number of rotatable bonds is 6. The van der Waals surface area contributed by atoms with Crippen LogP contribution in [0.4, 0.5) is 0 Å². The third-order valence-electron chi connectivity index (χ3n) is 3.36. The molecule has 1 aliphatic rings. The molecule has 2 unspecified atom stereocenters. The van der Waals surface area contributed by atoms with Crippen LogP contribution in [-0.4, -0.2) is 37.5 Å². The zero-order valence-corrected chi connectivity index (χ0v) is 11.4. The smallest absolute Gasteiger partial charge is 0.220 e. The van der Waals surface area contributed by atoms with Crippen molar-refractivity contribution >= 4 is 11.8 Å². The first-order valence-electron chi connectivity index (χ1n) is 6.90. The lowest BCUT2D eigenvalue weighted by Gasteiger charge is -2.30. The summed E-state index contributed by atoms with van der Waals surface area (Å²) in [5.41, 5.74) is 0. The number of hydrogen-bond donors (Lipinski definition) is 3. The molecule has 1 fully saturated rings. The molecule has 1 rings (SSSR count). The number of hydrogen-bond acceptors (Lipinski definition) is 3. The molecular formula is C13H25N3O2. The highest BCUT2D eigenvalue weighted by molar-refractivity contribution is 5.79. The van der Waals surface area contributed by atoms with Gasteiger partial charge in [0.2, 0.25) is 11.8 Å². The Bertz CT molecular complexity index is 281. The maximum Gasteiger partial charge on any atom is 0.220 e. The van der Waals surface area contributed by atoms with Crippen LogP contribution in [0.25, 0.3) is 0 Å². The van der Waals surface area contributed by atoms with Gasteiger partial charge in [-0.3, -0.25) is 9.59 Å². The van der Waals surface area contributed by atoms with E-state index in [2.05, 4.69) is 22.9 Å². The molecule has 1 aliphatic heterocycles. The zero-order chi connectivity index (χ0) is 13.4. The fourth-order valence-corrected chi connectivity index (χ4v) is 2.16. The van der Waals surface area contributed by atoms with Crippen LogP contribution in [0.5, 0.6) is 0 Å². The second kappa shape index (κ2) is 8.08. The molecule has 3 N–H and O–H groups in total. The first-order chi connectivity index (χ1) is 8.63. The molecule has 0 aromatic carbocycles. The number of carbonyl (C=O) groups excluding carboxylic acids is 2. The van der Waals surface area contributed by atoms with Crippen molar-refractivity contribution in [2.75, 3.05) is 19.6 Å². The summed E-state index contributed by atoms with van der Waals surface area (Å²) in [5.74, 6) is 0.608. The third kappa shape index (κ3) is 5.49. The predicted octanol–water partition coefficient (Wildman–Crippen LogP) is 0.407. The standard InChI is InChI=1S/C13H25N3O2/c1-3-15-12(17)5-4-6-13(18)16-11-9-14-8-7-10(11)2/h10-11,14H,3-9H2,1-2H3,(H,15,17)(H,16,18). The number of carbonyl (C=O) groups is 2. The molecule has 0 radical (unpaired) electrons. The number of nitrogens with one attached hydrogen (secondary N) is 3. The lowest BCUT2D eigenvalue weighted by atomic mass is 9.94. The Morgan fingerprint density at radius 2 is 2.00 bits per heavy atom. The molecule has 0 aliphatic carbocycles. The van der Waals surface area contributed by atoms with Crippen LogP contribution in [0.2, 0.25) is 0 Å². The first kappa shape index (κ1) is 15.0. The van der Waals surface area contributed by atoms with Gasteiger partial charge in [-0.2, -0.15) is 0 Å². The van der Waals surface area contributed by atoms with E-state index in [0.717, 1.165) is 19.5 Å². The van der Waals surface area contributed by atoms with E-state index in [0.29, 0.717) is 31.7 Å². The third-order valence-corrected chi connectivity index (χ3v) is 3.36. The molecule has 1 heterocycles. The highest BCUT2D eigenvalue weighted by atomic mass is 16.2. The van der Waals surface area contributed by atoms with Gasteiger partial charge in [0.1, 0.15) is 0 Å². The molecule has 2 amide bonds. The van der Waals surface area contributed by atoms with Crippen molar-refractivity contribution in [3.05, 3.63) is 0 Å². The Hall–Kier alpha value is -1.10. The van der Waals surface area contributed by atoms with Crippen LogP contribution in [0.3, 0.4) is 0 Å². The van der Waals surface area contributed by atoms with Gasteiger partial charge in [-0.25, -0.2) is 0 Å². The maximum atomic E-state index is 11.7. The van der Waals surface area contributed by atoms with Crippen LogP contribution in [0, 0.1) is 5.92 Å². The van der Waals surface area contributed by atoms with E-state index in [4.69, 9.17) is 0 Å². The Kier molecular flexibility index (Phi) is 6.72. The molecule has 2 atom stereocenters. The molecule has 5 nitrogen and oxygen atoms in total. The van der Waals surface area contributed by atoms with Gasteiger partial charge in [-0.1, -0.05) is 6.92 Å². The summed E-state index contributed by atoms with van der Waals surface area (Å²) in [4.78, 5) is 22.9. The molecule has 18 heavy (non-hydrogen) atoms. The molecule has 104 valence electrons. The average Bonchev–Trinajstić information content (AvgIpc) is 2.32. The molecule has 0 bridgehead atoms. The summed E-state index contributed by atoms with van der Waals surface area (Å²) in [6, 6.07) is 0.232. The van der Waals surface area contributed by atoms with Gasteiger partial charge in [0.05, 0.1) is 0 Å². The summed E-state index contributed by atoms with van der Waals surface area (Å²) < 4.78 is 0. The number of amides is 2. The summed E-state index contributed by atoms with van der Waals surface area (Å²) >= 11 is 0. The molecule has 0 aromatic rings. The van der Waals surface area contributed by atoms with Gasteiger partial charge < -0.3 is 16.0 Å². The molecule has 1 saturated heterocycles. The number of piperidine rings is 1. The normalized spacial score (nSPS) is 23.4. The highest BCUT2D eigenvalue weighted by Gasteiger charge is 2.22. The monoisotopic (exact) mass is 255 g/mol. The van der Waals surface area contributed by atoms with Gasteiger partial charge in [0.25, 0.3) is 0 Å². The Morgan fingerprint density at radius 1 is 1.28 bits per heavy atom. The van der Waals surface area contributed by atoms with Crippen molar-refractivity contribution in [3.63, 3.8) is 0 Å². The van der Waals surface area contributed by atoms with E-state index in [1.807, 2.05) is 6.92 Å². The predicted molar refractivity (Wildman–Crippen MR) is 71.1 cm³/mol. The first-order valence-corrected chi connectivity index (χ1v) is 6.90. The molecular weight excluding hydrogens is 230 g/mol. The van der Waals surface area contributed by atoms with Crippen LogP contribution >= 0.6 is 0 Å². The van der Waals surface area contributed by atoms with Gasteiger partial charge in [-0.15, -0.1) is 0 Å². The molecule has 0 saturated carbocycles. The fraction of sp³-hybridized carbons (Fsp3) is 0.846. The molecule has 5 heteroatoms. The summed E-state index contributed by atoms with van der Waals surface area (Å²) in [6.07, 6.45) is 2.58. The lowest BCUT2D eigenvalue weighted by molar-refractivity contribution is -0.123. The van der Waals surface area contributed by atoms with E-state index >= 15 is 0 Å². The van der Waals surface area contributed by atoms with E-state index in [9.17, 15) is 9.59 Å². The van der Waals surface area contributed by atoms with Crippen LogP contribution in [-0.2, 0) is 9.59 Å². The van der Waals surface area contributed by atoms with E-state index < -0.39 is 0 Å². The fourth-order valence-electron chi connectivity index (χ4n) is 2.16. The zero-order valence-electron chi connectivity index (χ0n) is 11.4. The van der Waals surface area contributed by atoms with E-state index in [1.54, 1.807) is 0 Å². The van der Waals surface area contributed by atoms with Crippen molar-refractivity contribution in [2.24, 2.45) is 5.92 Å². The van der Waals surface area contributed by atoms with Crippen LogP contribution in [0.15, 0.2) is 0 Å². The summed E-state index contributed by atoms with van der Waals surface area (Å²) in [7, 11) is 0. The van der Waals surface area contributed by atoms with Crippen molar-refractivity contribution < 1.29 is 9.59 Å². The van der Waals surface area contributed by atoms with Crippen LogP contribution < -0.4 is 16.0 Å². The minimum atomic E-state index is 0.0259. The van der Waals surface area contributed by atoms with E-state index in [-0.39, 0.29) is 17.9 Å². The quantitative estimate of drug-likeness (QED) is 0.644. The van der Waals surface area contributed by atoms with Gasteiger partial charge in [0, 0.05) is 32.0 Å². The maximum absolute atomic E-state index is 11.7. The Balaban J connectivity index is 2.15. The SMILES string of the molecule is CCNC(=O)CCCC(=O)NC1CNCCC1C. The average molecular weight is 255 g/mol. The van der Waals surface area contributed by atoms with Gasteiger partial charge in [-0.05, 0) is 32.2 Å². The second-order valence-corrected chi connectivity index (χ2v) is 4.95. The van der Waals surface area contributed by atoms with Crippen molar-refractivity contribution in [1.82, 2.24) is 16.0 Å². The summed E-state index contributed by atoms with van der Waals surface area (Å²) in [6.45, 7) is 6.59. The van der Waals surface area contributed by atoms with Crippen LogP contribution in [0.1, 0.15) is 39.5 Å². The Labute approximate surface area is 109 Å². The summed E-state index contributed by atoms with van der Waals surface area (Å²) in [5, 5.41) is 9.05. The molecule has 0 spiro atoms. The Morgan fingerprint density at radius 3 is 2.67 bits per heavy atom. The van der Waals surface area contributed by atoms with E-state index in [1.165, 1.54) is 0 Å².